The molecule has 13 heavy (non-hydrogen) atoms. The van der Waals surface area contributed by atoms with Crippen LogP contribution in [-0.4, -0.2) is 6.04 Å². The Morgan fingerprint density at radius 3 is 2.85 bits per heavy atom. The van der Waals surface area contributed by atoms with Gasteiger partial charge in [-0.15, -0.1) is 0 Å². The molecule has 0 radical (unpaired) electrons. The number of nitrogens with zero attached hydrogens (tertiary/aromatic N) is 1. The first-order valence-electron chi connectivity index (χ1n) is 4.07. The third-order valence-corrected chi connectivity index (χ3v) is 1.97. The van der Waals surface area contributed by atoms with Crippen molar-refractivity contribution in [3.63, 3.8) is 0 Å². The van der Waals surface area contributed by atoms with Gasteiger partial charge in [0, 0.05) is 11.1 Å². The zero-order valence-corrected chi connectivity index (χ0v) is 8.17. The van der Waals surface area contributed by atoms with Gasteiger partial charge in [-0.2, -0.15) is 5.26 Å². The fourth-order valence-corrected chi connectivity index (χ4v) is 1.35. The average molecular weight is 195 g/mol. The number of benzene rings is 1. The lowest BCUT2D eigenvalue weighted by Gasteiger charge is -2.06. The molecule has 0 heterocycles. The molecule has 0 aliphatic rings. The molecular formula is C10H11ClN2. The Bertz CT molecular complexity index is 339. The van der Waals surface area contributed by atoms with Crippen LogP contribution in [0.15, 0.2) is 18.2 Å². The highest BCUT2D eigenvalue weighted by Gasteiger charge is 2.04. The molecule has 1 aromatic carbocycles. The van der Waals surface area contributed by atoms with Crippen molar-refractivity contribution < 1.29 is 0 Å². The molecule has 3 heteroatoms. The number of hydrogen-bond donors (Lipinski definition) is 1. The van der Waals surface area contributed by atoms with Crippen molar-refractivity contribution in [2.24, 2.45) is 5.73 Å². The quantitative estimate of drug-likeness (QED) is 0.784. The number of hydrogen-bond acceptors (Lipinski definition) is 2. The SMILES string of the molecule is CC(N)Cc1ccc(Cl)cc1C#N. The fraction of sp³-hybridized carbons (Fsp3) is 0.300. The van der Waals surface area contributed by atoms with Crippen molar-refractivity contribution in [2.75, 3.05) is 0 Å². The van der Waals surface area contributed by atoms with Crippen LogP contribution in [0, 0.1) is 11.3 Å². The van der Waals surface area contributed by atoms with Gasteiger partial charge in [0.1, 0.15) is 0 Å². The molecule has 0 amide bonds. The molecule has 1 rings (SSSR count). The minimum absolute atomic E-state index is 0.0632. The summed E-state index contributed by atoms with van der Waals surface area (Å²) in [5.74, 6) is 0. The Balaban J connectivity index is 3.01. The van der Waals surface area contributed by atoms with Crippen molar-refractivity contribution >= 4 is 11.6 Å². The summed E-state index contributed by atoms with van der Waals surface area (Å²) >= 11 is 5.75. The minimum atomic E-state index is 0.0632. The smallest absolute Gasteiger partial charge is 0.0995 e. The minimum Gasteiger partial charge on any atom is -0.328 e. The largest absolute Gasteiger partial charge is 0.328 e. The highest BCUT2D eigenvalue weighted by Crippen LogP contribution is 2.16. The molecule has 0 spiro atoms. The summed E-state index contributed by atoms with van der Waals surface area (Å²) < 4.78 is 0. The maximum atomic E-state index is 8.81. The number of nitriles is 1. The first-order chi connectivity index (χ1) is 6.13. The van der Waals surface area contributed by atoms with Crippen LogP contribution >= 0.6 is 11.6 Å². The number of halogens is 1. The van der Waals surface area contributed by atoms with E-state index in [9.17, 15) is 0 Å². The van der Waals surface area contributed by atoms with Gasteiger partial charge >= 0.3 is 0 Å². The third kappa shape index (κ3) is 2.73. The maximum absolute atomic E-state index is 8.81. The van der Waals surface area contributed by atoms with E-state index in [2.05, 4.69) is 6.07 Å². The van der Waals surface area contributed by atoms with Gasteiger partial charge in [-0.05, 0) is 31.0 Å². The third-order valence-electron chi connectivity index (χ3n) is 1.73. The van der Waals surface area contributed by atoms with Gasteiger partial charge in [0.15, 0.2) is 0 Å². The molecule has 1 unspecified atom stereocenters. The van der Waals surface area contributed by atoms with Crippen LogP contribution in [0.25, 0.3) is 0 Å². The van der Waals surface area contributed by atoms with E-state index in [1.807, 2.05) is 13.0 Å². The van der Waals surface area contributed by atoms with E-state index in [1.165, 1.54) is 0 Å². The van der Waals surface area contributed by atoms with Gasteiger partial charge in [-0.3, -0.25) is 0 Å². The molecule has 2 nitrogen and oxygen atoms in total. The Hall–Kier alpha value is -1.04. The first kappa shape index (κ1) is 10.0. The monoisotopic (exact) mass is 194 g/mol. The molecule has 1 atom stereocenters. The van der Waals surface area contributed by atoms with E-state index in [0.29, 0.717) is 17.0 Å². The van der Waals surface area contributed by atoms with Gasteiger partial charge < -0.3 is 5.73 Å². The zero-order chi connectivity index (χ0) is 9.84. The number of rotatable bonds is 2. The average Bonchev–Trinajstić information content (AvgIpc) is 2.07. The fourth-order valence-electron chi connectivity index (χ4n) is 1.18. The second-order valence-electron chi connectivity index (χ2n) is 3.09. The van der Waals surface area contributed by atoms with Crippen molar-refractivity contribution in [1.82, 2.24) is 0 Å². The molecule has 2 N–H and O–H groups in total. The standard InChI is InChI=1S/C10H11ClN2/c1-7(13)4-8-2-3-10(11)5-9(8)6-12/h2-3,5,7H,4,13H2,1H3. The van der Waals surface area contributed by atoms with E-state index in [0.717, 1.165) is 5.56 Å². The predicted octanol–water partition coefficient (Wildman–Crippen LogP) is 2.10. The molecule has 0 fully saturated rings. The Morgan fingerprint density at radius 2 is 2.31 bits per heavy atom. The lowest BCUT2D eigenvalue weighted by atomic mass is 10.0. The lowest BCUT2D eigenvalue weighted by molar-refractivity contribution is 0.737. The van der Waals surface area contributed by atoms with Gasteiger partial charge in [0.05, 0.1) is 11.6 Å². The van der Waals surface area contributed by atoms with E-state index >= 15 is 0 Å². The van der Waals surface area contributed by atoms with Crippen LogP contribution in [0.4, 0.5) is 0 Å². The van der Waals surface area contributed by atoms with Gasteiger partial charge in [0.2, 0.25) is 0 Å². The van der Waals surface area contributed by atoms with E-state index in [-0.39, 0.29) is 6.04 Å². The van der Waals surface area contributed by atoms with Crippen molar-refractivity contribution in [2.45, 2.75) is 19.4 Å². The topological polar surface area (TPSA) is 49.8 Å². The van der Waals surface area contributed by atoms with Crippen molar-refractivity contribution in [3.05, 3.63) is 34.3 Å². The van der Waals surface area contributed by atoms with Gasteiger partial charge in [-0.1, -0.05) is 17.7 Å². The number of nitrogens with two attached hydrogens (primary N) is 1. The molecule has 0 aromatic heterocycles. The van der Waals surface area contributed by atoms with Crippen molar-refractivity contribution in [3.8, 4) is 6.07 Å². The molecule has 0 saturated carbocycles. The summed E-state index contributed by atoms with van der Waals surface area (Å²) in [5.41, 5.74) is 7.22. The van der Waals surface area contributed by atoms with Crippen LogP contribution in [0.5, 0.6) is 0 Å². The summed E-state index contributed by atoms with van der Waals surface area (Å²) in [4.78, 5) is 0. The molecule has 0 aliphatic heterocycles. The molecule has 0 saturated heterocycles. The van der Waals surface area contributed by atoms with E-state index in [4.69, 9.17) is 22.6 Å². The van der Waals surface area contributed by atoms with Crippen molar-refractivity contribution in [1.29, 1.82) is 5.26 Å². The van der Waals surface area contributed by atoms with Gasteiger partial charge in [-0.25, -0.2) is 0 Å². The summed E-state index contributed by atoms with van der Waals surface area (Å²) in [5, 5.41) is 9.39. The zero-order valence-electron chi connectivity index (χ0n) is 7.42. The molecule has 68 valence electrons. The van der Waals surface area contributed by atoms with Crippen LogP contribution in [0.1, 0.15) is 18.1 Å². The first-order valence-corrected chi connectivity index (χ1v) is 4.45. The molecule has 1 aromatic rings. The van der Waals surface area contributed by atoms with E-state index in [1.54, 1.807) is 12.1 Å². The van der Waals surface area contributed by atoms with Crippen LogP contribution in [0.3, 0.4) is 0 Å². The normalized spacial score (nSPS) is 12.2. The Labute approximate surface area is 82.9 Å². The highest BCUT2D eigenvalue weighted by molar-refractivity contribution is 6.30. The second-order valence-corrected chi connectivity index (χ2v) is 3.53. The Kier molecular flexibility index (Phi) is 3.30. The van der Waals surface area contributed by atoms with Crippen LogP contribution in [-0.2, 0) is 6.42 Å². The molecular weight excluding hydrogens is 184 g/mol. The molecule has 0 aliphatic carbocycles. The summed E-state index contributed by atoms with van der Waals surface area (Å²) in [6.07, 6.45) is 0.708. The molecule has 0 bridgehead atoms. The van der Waals surface area contributed by atoms with Crippen LogP contribution in [0.2, 0.25) is 5.02 Å². The van der Waals surface area contributed by atoms with Crippen LogP contribution < -0.4 is 5.73 Å². The predicted molar refractivity (Wildman–Crippen MR) is 53.5 cm³/mol. The lowest BCUT2D eigenvalue weighted by Crippen LogP contribution is -2.18. The summed E-state index contributed by atoms with van der Waals surface area (Å²) in [6, 6.07) is 7.46. The maximum Gasteiger partial charge on any atom is 0.0995 e. The highest BCUT2D eigenvalue weighted by atomic mass is 35.5. The van der Waals surface area contributed by atoms with Gasteiger partial charge in [0.25, 0.3) is 0 Å². The summed E-state index contributed by atoms with van der Waals surface area (Å²) in [6.45, 7) is 1.91. The Morgan fingerprint density at radius 1 is 1.62 bits per heavy atom. The second kappa shape index (κ2) is 4.27. The van der Waals surface area contributed by atoms with E-state index < -0.39 is 0 Å². The summed E-state index contributed by atoms with van der Waals surface area (Å²) in [7, 11) is 0.